The summed E-state index contributed by atoms with van der Waals surface area (Å²) in [6.45, 7) is 3.60. The standard InChI is InChI=1S/C16H25NO4/c1-13-5-4-6-14(11-13)16(12-17,15(18)20-3)7-8-21-10-9-19-2/h4-6,11H,7-10,12,17H2,1-3H3. The summed E-state index contributed by atoms with van der Waals surface area (Å²) < 4.78 is 15.4. The molecule has 1 aromatic carbocycles. The van der Waals surface area contributed by atoms with Gasteiger partial charge in [0.05, 0.1) is 20.3 Å². The third kappa shape index (κ3) is 4.52. The first-order valence-corrected chi connectivity index (χ1v) is 7.03. The Kier molecular flexibility index (Phi) is 7.36. The summed E-state index contributed by atoms with van der Waals surface area (Å²) in [5, 5.41) is 0. The van der Waals surface area contributed by atoms with Crippen LogP contribution in [-0.2, 0) is 24.4 Å². The quantitative estimate of drug-likeness (QED) is 0.551. The number of benzene rings is 1. The molecule has 0 aliphatic rings. The molecule has 0 bridgehead atoms. The maximum Gasteiger partial charge on any atom is 0.317 e. The van der Waals surface area contributed by atoms with Gasteiger partial charge in [-0.2, -0.15) is 0 Å². The lowest BCUT2D eigenvalue weighted by atomic mass is 9.77. The normalized spacial score (nSPS) is 13.7. The van der Waals surface area contributed by atoms with Gasteiger partial charge in [-0.1, -0.05) is 29.8 Å². The van der Waals surface area contributed by atoms with E-state index in [2.05, 4.69) is 0 Å². The van der Waals surface area contributed by atoms with Crippen molar-refractivity contribution >= 4 is 5.97 Å². The second kappa shape index (κ2) is 8.77. The summed E-state index contributed by atoms with van der Waals surface area (Å²) in [4.78, 5) is 12.3. The molecule has 118 valence electrons. The molecule has 0 spiro atoms. The molecule has 5 nitrogen and oxygen atoms in total. The fourth-order valence-electron chi connectivity index (χ4n) is 2.30. The van der Waals surface area contributed by atoms with Crippen molar-refractivity contribution in [1.29, 1.82) is 0 Å². The van der Waals surface area contributed by atoms with Crippen LogP contribution < -0.4 is 5.73 Å². The molecule has 0 radical (unpaired) electrons. The highest BCUT2D eigenvalue weighted by Crippen LogP contribution is 2.29. The fourth-order valence-corrected chi connectivity index (χ4v) is 2.30. The van der Waals surface area contributed by atoms with Gasteiger partial charge in [-0.05, 0) is 18.9 Å². The summed E-state index contributed by atoms with van der Waals surface area (Å²) in [5.41, 5.74) is 7.00. The maximum atomic E-state index is 12.3. The second-order valence-corrected chi connectivity index (χ2v) is 5.00. The van der Waals surface area contributed by atoms with Gasteiger partial charge in [-0.25, -0.2) is 0 Å². The van der Waals surface area contributed by atoms with Crippen molar-refractivity contribution in [1.82, 2.24) is 0 Å². The zero-order valence-electron chi connectivity index (χ0n) is 13.1. The number of hydrogen-bond donors (Lipinski definition) is 1. The van der Waals surface area contributed by atoms with Crippen LogP contribution >= 0.6 is 0 Å². The fraction of sp³-hybridized carbons (Fsp3) is 0.562. The van der Waals surface area contributed by atoms with Crippen molar-refractivity contribution < 1.29 is 19.0 Å². The molecule has 5 heteroatoms. The Balaban J connectivity index is 2.91. The molecule has 0 amide bonds. The lowest BCUT2D eigenvalue weighted by molar-refractivity contribution is -0.148. The Morgan fingerprint density at radius 1 is 1.24 bits per heavy atom. The van der Waals surface area contributed by atoms with E-state index >= 15 is 0 Å². The number of nitrogens with two attached hydrogens (primary N) is 1. The van der Waals surface area contributed by atoms with Gasteiger partial charge in [0, 0.05) is 20.3 Å². The summed E-state index contributed by atoms with van der Waals surface area (Å²) >= 11 is 0. The lowest BCUT2D eigenvalue weighted by Gasteiger charge is -2.30. The molecule has 1 rings (SSSR count). The molecule has 0 fully saturated rings. The molecule has 2 N–H and O–H groups in total. The third-order valence-electron chi connectivity index (χ3n) is 3.60. The van der Waals surface area contributed by atoms with Gasteiger partial charge >= 0.3 is 5.97 Å². The van der Waals surface area contributed by atoms with Crippen molar-refractivity contribution in [2.75, 3.05) is 40.6 Å². The van der Waals surface area contributed by atoms with Crippen LogP contribution in [0.5, 0.6) is 0 Å². The van der Waals surface area contributed by atoms with Gasteiger partial charge in [-0.3, -0.25) is 4.79 Å². The molecule has 0 heterocycles. The average Bonchev–Trinajstić information content (AvgIpc) is 2.50. The molecule has 1 unspecified atom stereocenters. The average molecular weight is 295 g/mol. The number of hydrogen-bond acceptors (Lipinski definition) is 5. The third-order valence-corrected chi connectivity index (χ3v) is 3.60. The summed E-state index contributed by atoms with van der Waals surface area (Å²) in [7, 11) is 3.00. The molecule has 1 aromatic rings. The van der Waals surface area contributed by atoms with Crippen LogP contribution in [-0.4, -0.2) is 46.6 Å². The van der Waals surface area contributed by atoms with E-state index in [-0.39, 0.29) is 12.5 Å². The number of ether oxygens (including phenoxy) is 3. The highest BCUT2D eigenvalue weighted by molar-refractivity contribution is 5.83. The molecular weight excluding hydrogens is 270 g/mol. The van der Waals surface area contributed by atoms with Crippen LogP contribution in [0.3, 0.4) is 0 Å². The van der Waals surface area contributed by atoms with Crippen molar-refractivity contribution in [3.63, 3.8) is 0 Å². The molecule has 0 aromatic heterocycles. The topological polar surface area (TPSA) is 70.8 Å². The minimum Gasteiger partial charge on any atom is -0.468 e. The number of carbonyl (C=O) groups excluding carboxylic acids is 1. The molecule has 0 aliphatic carbocycles. The largest absolute Gasteiger partial charge is 0.468 e. The van der Waals surface area contributed by atoms with E-state index in [1.165, 1.54) is 7.11 Å². The highest BCUT2D eigenvalue weighted by Gasteiger charge is 2.40. The number of esters is 1. The smallest absolute Gasteiger partial charge is 0.317 e. The number of aryl methyl sites for hydroxylation is 1. The molecule has 0 saturated carbocycles. The van der Waals surface area contributed by atoms with E-state index in [1.807, 2.05) is 31.2 Å². The van der Waals surface area contributed by atoms with Gasteiger partial charge in [-0.15, -0.1) is 0 Å². The van der Waals surface area contributed by atoms with Crippen molar-refractivity contribution in [3.05, 3.63) is 35.4 Å². The first-order valence-electron chi connectivity index (χ1n) is 7.03. The van der Waals surface area contributed by atoms with Crippen LogP contribution in [0.4, 0.5) is 0 Å². The number of methoxy groups -OCH3 is 2. The number of carbonyl (C=O) groups is 1. The predicted octanol–water partition coefficient (Wildman–Crippen LogP) is 1.42. The second-order valence-electron chi connectivity index (χ2n) is 5.00. The van der Waals surface area contributed by atoms with Crippen molar-refractivity contribution in [2.24, 2.45) is 5.73 Å². The molecule has 1 atom stereocenters. The Hall–Kier alpha value is -1.43. The molecule has 21 heavy (non-hydrogen) atoms. The minimum absolute atomic E-state index is 0.177. The number of rotatable bonds is 9. The zero-order valence-corrected chi connectivity index (χ0v) is 13.1. The van der Waals surface area contributed by atoms with Gasteiger partial charge in [0.25, 0.3) is 0 Å². The van der Waals surface area contributed by atoms with Crippen LogP contribution in [0.15, 0.2) is 24.3 Å². The van der Waals surface area contributed by atoms with Crippen molar-refractivity contribution in [3.8, 4) is 0 Å². The Labute approximate surface area is 126 Å². The van der Waals surface area contributed by atoms with E-state index in [9.17, 15) is 4.79 Å². The van der Waals surface area contributed by atoms with Crippen molar-refractivity contribution in [2.45, 2.75) is 18.8 Å². The zero-order chi connectivity index (χ0) is 15.7. The van der Waals surface area contributed by atoms with Crippen LogP contribution in [0.2, 0.25) is 0 Å². The van der Waals surface area contributed by atoms with Crippen LogP contribution in [0.1, 0.15) is 17.5 Å². The summed E-state index contributed by atoms with van der Waals surface area (Å²) in [6.07, 6.45) is 0.476. The predicted molar refractivity (Wildman–Crippen MR) is 81.2 cm³/mol. The van der Waals surface area contributed by atoms with E-state index in [4.69, 9.17) is 19.9 Å². The van der Waals surface area contributed by atoms with Gasteiger partial charge < -0.3 is 19.9 Å². The summed E-state index contributed by atoms with van der Waals surface area (Å²) in [5.74, 6) is -0.328. The Bertz CT molecular complexity index is 450. The van der Waals surface area contributed by atoms with Gasteiger partial charge in [0.2, 0.25) is 0 Å². The highest BCUT2D eigenvalue weighted by atomic mass is 16.5. The van der Waals surface area contributed by atoms with E-state index < -0.39 is 5.41 Å². The van der Waals surface area contributed by atoms with Crippen LogP contribution in [0.25, 0.3) is 0 Å². The van der Waals surface area contributed by atoms with E-state index in [0.29, 0.717) is 26.2 Å². The molecule has 0 saturated heterocycles. The van der Waals surface area contributed by atoms with Crippen LogP contribution in [0, 0.1) is 6.92 Å². The first kappa shape index (κ1) is 17.6. The Morgan fingerprint density at radius 2 is 2.00 bits per heavy atom. The van der Waals surface area contributed by atoms with Gasteiger partial charge in [0.15, 0.2) is 0 Å². The SMILES string of the molecule is COCCOCCC(CN)(C(=O)OC)c1cccc(C)c1. The molecule has 0 aliphatic heterocycles. The first-order chi connectivity index (χ1) is 10.1. The van der Waals surface area contributed by atoms with Gasteiger partial charge in [0.1, 0.15) is 5.41 Å². The summed E-state index contributed by atoms with van der Waals surface area (Å²) in [6, 6.07) is 7.78. The monoisotopic (exact) mass is 295 g/mol. The minimum atomic E-state index is -0.867. The molecular formula is C16H25NO4. The van der Waals surface area contributed by atoms with E-state index in [1.54, 1.807) is 7.11 Å². The Morgan fingerprint density at radius 3 is 2.57 bits per heavy atom. The maximum absolute atomic E-state index is 12.3. The lowest BCUT2D eigenvalue weighted by Crippen LogP contribution is -2.45. The van der Waals surface area contributed by atoms with E-state index in [0.717, 1.165) is 11.1 Å².